The number of hydrogen-bond donors (Lipinski definition) is 1. The molecule has 104 valence electrons. The zero-order chi connectivity index (χ0) is 13.7. The fraction of sp³-hybridized carbons (Fsp3) is 0.529. The van der Waals surface area contributed by atoms with Gasteiger partial charge in [-0.3, -0.25) is 0 Å². The molecule has 2 atom stereocenters. The van der Waals surface area contributed by atoms with Crippen LogP contribution < -0.4 is 0 Å². The molecule has 1 unspecified atom stereocenters. The molecule has 0 radical (unpaired) electrons. The van der Waals surface area contributed by atoms with Gasteiger partial charge in [0.2, 0.25) is 0 Å². The number of rotatable bonds is 6. The molecular weight excluding hydrogens is 236 g/mol. The van der Waals surface area contributed by atoms with Crippen LogP contribution in [0.3, 0.4) is 0 Å². The van der Waals surface area contributed by atoms with Crippen molar-refractivity contribution in [2.45, 2.75) is 50.7 Å². The molecule has 1 N–H and O–H groups in total. The lowest BCUT2D eigenvalue weighted by molar-refractivity contribution is 0.0126. The molecular formula is C17H24O2. The highest BCUT2D eigenvalue weighted by Crippen LogP contribution is 2.41. The van der Waals surface area contributed by atoms with E-state index in [0.29, 0.717) is 0 Å². The number of methoxy groups -OCH3 is 1. The van der Waals surface area contributed by atoms with Crippen molar-refractivity contribution >= 4 is 0 Å². The van der Waals surface area contributed by atoms with Gasteiger partial charge < -0.3 is 9.84 Å². The van der Waals surface area contributed by atoms with Crippen LogP contribution in [0.1, 0.15) is 56.3 Å². The van der Waals surface area contributed by atoms with Gasteiger partial charge in [-0.1, -0.05) is 56.5 Å². The second kappa shape index (κ2) is 6.36. The van der Waals surface area contributed by atoms with Crippen molar-refractivity contribution in [3.05, 3.63) is 47.5 Å². The minimum absolute atomic E-state index is 0.358. The largest absolute Gasteiger partial charge is 0.384 e. The SMILES string of the molecule is CCCCCC[C@@]1(OC)C=CC(O)c2ccccc21. The molecule has 0 spiro atoms. The van der Waals surface area contributed by atoms with E-state index in [1.54, 1.807) is 7.11 Å². The van der Waals surface area contributed by atoms with Gasteiger partial charge in [0.05, 0.1) is 6.10 Å². The number of benzene rings is 1. The predicted molar refractivity (Wildman–Crippen MR) is 78.0 cm³/mol. The zero-order valence-electron chi connectivity index (χ0n) is 11.9. The Bertz CT molecular complexity index is 439. The maximum absolute atomic E-state index is 10.1. The molecule has 19 heavy (non-hydrogen) atoms. The smallest absolute Gasteiger partial charge is 0.111 e. The quantitative estimate of drug-likeness (QED) is 0.616. The molecule has 2 nitrogen and oxygen atoms in total. The highest BCUT2D eigenvalue weighted by molar-refractivity contribution is 5.42. The second-order valence-corrected chi connectivity index (χ2v) is 5.30. The Balaban J connectivity index is 2.22. The van der Waals surface area contributed by atoms with Gasteiger partial charge in [0.25, 0.3) is 0 Å². The Hall–Kier alpha value is -1.12. The normalized spacial score (nSPS) is 25.3. The van der Waals surface area contributed by atoms with E-state index in [1.165, 1.54) is 19.3 Å². The van der Waals surface area contributed by atoms with E-state index in [4.69, 9.17) is 4.74 Å². The number of hydrogen-bond acceptors (Lipinski definition) is 2. The van der Waals surface area contributed by atoms with Crippen LogP contribution in [0.5, 0.6) is 0 Å². The number of aliphatic hydroxyl groups excluding tert-OH is 1. The number of aliphatic hydroxyl groups is 1. The molecule has 0 saturated heterocycles. The van der Waals surface area contributed by atoms with Crippen LogP contribution in [-0.2, 0) is 10.3 Å². The van der Waals surface area contributed by atoms with Gasteiger partial charge in [0, 0.05) is 7.11 Å². The molecule has 0 bridgehead atoms. The van der Waals surface area contributed by atoms with Crippen LogP contribution in [-0.4, -0.2) is 12.2 Å². The Labute approximate surface area is 116 Å². The van der Waals surface area contributed by atoms with Crippen molar-refractivity contribution in [3.63, 3.8) is 0 Å². The first kappa shape index (κ1) is 14.3. The van der Waals surface area contributed by atoms with Crippen LogP contribution in [0.15, 0.2) is 36.4 Å². The molecule has 1 aliphatic carbocycles. The van der Waals surface area contributed by atoms with Crippen molar-refractivity contribution in [1.82, 2.24) is 0 Å². The summed E-state index contributed by atoms with van der Waals surface area (Å²) < 4.78 is 5.84. The lowest BCUT2D eigenvalue weighted by atomic mass is 9.79. The lowest BCUT2D eigenvalue weighted by Gasteiger charge is -2.36. The van der Waals surface area contributed by atoms with Crippen molar-refractivity contribution in [2.75, 3.05) is 7.11 Å². The van der Waals surface area contributed by atoms with Crippen LogP contribution in [0.4, 0.5) is 0 Å². The maximum Gasteiger partial charge on any atom is 0.111 e. The van der Waals surface area contributed by atoms with E-state index in [-0.39, 0.29) is 5.60 Å². The average molecular weight is 260 g/mol. The first-order chi connectivity index (χ1) is 9.23. The second-order valence-electron chi connectivity index (χ2n) is 5.30. The molecule has 0 fully saturated rings. The van der Waals surface area contributed by atoms with Crippen LogP contribution in [0.2, 0.25) is 0 Å². The van der Waals surface area contributed by atoms with Crippen molar-refractivity contribution in [2.24, 2.45) is 0 Å². The van der Waals surface area contributed by atoms with Gasteiger partial charge in [-0.2, -0.15) is 0 Å². The van der Waals surface area contributed by atoms with Gasteiger partial charge in [-0.25, -0.2) is 0 Å². The third kappa shape index (κ3) is 2.90. The molecule has 1 aromatic carbocycles. The van der Waals surface area contributed by atoms with E-state index >= 15 is 0 Å². The predicted octanol–water partition coefficient (Wildman–Crippen LogP) is 4.10. The van der Waals surface area contributed by atoms with Gasteiger partial charge in [0.1, 0.15) is 5.60 Å². The molecule has 0 heterocycles. The first-order valence-electron chi connectivity index (χ1n) is 7.25. The Morgan fingerprint density at radius 3 is 2.74 bits per heavy atom. The molecule has 0 aliphatic heterocycles. The number of ether oxygens (including phenoxy) is 1. The Morgan fingerprint density at radius 2 is 2.00 bits per heavy atom. The monoisotopic (exact) mass is 260 g/mol. The third-order valence-electron chi connectivity index (χ3n) is 4.05. The molecule has 0 saturated carbocycles. The van der Waals surface area contributed by atoms with Gasteiger partial charge in [-0.05, 0) is 30.0 Å². The lowest BCUT2D eigenvalue weighted by Crippen LogP contribution is -2.30. The summed E-state index contributed by atoms with van der Waals surface area (Å²) in [4.78, 5) is 0. The fourth-order valence-electron chi connectivity index (χ4n) is 2.89. The Kier molecular flexibility index (Phi) is 4.78. The van der Waals surface area contributed by atoms with E-state index in [2.05, 4.69) is 13.0 Å². The van der Waals surface area contributed by atoms with E-state index in [1.807, 2.05) is 30.4 Å². The summed E-state index contributed by atoms with van der Waals surface area (Å²) in [5.74, 6) is 0. The minimum atomic E-state index is -0.505. The van der Waals surface area contributed by atoms with Crippen molar-refractivity contribution in [1.29, 1.82) is 0 Å². The molecule has 1 aliphatic rings. The maximum atomic E-state index is 10.1. The third-order valence-corrected chi connectivity index (χ3v) is 4.05. The summed E-state index contributed by atoms with van der Waals surface area (Å²) >= 11 is 0. The first-order valence-corrected chi connectivity index (χ1v) is 7.25. The average Bonchev–Trinajstić information content (AvgIpc) is 2.46. The minimum Gasteiger partial charge on any atom is -0.384 e. The van der Waals surface area contributed by atoms with Gasteiger partial charge in [0.15, 0.2) is 0 Å². The van der Waals surface area contributed by atoms with Crippen LogP contribution in [0.25, 0.3) is 0 Å². The fourth-order valence-corrected chi connectivity index (χ4v) is 2.89. The topological polar surface area (TPSA) is 29.5 Å². The van der Waals surface area contributed by atoms with Crippen LogP contribution in [0, 0.1) is 0 Å². The summed E-state index contributed by atoms with van der Waals surface area (Å²) in [5.41, 5.74) is 1.73. The molecule has 2 rings (SSSR count). The van der Waals surface area contributed by atoms with Crippen molar-refractivity contribution in [3.8, 4) is 0 Å². The van der Waals surface area contributed by atoms with Gasteiger partial charge >= 0.3 is 0 Å². The molecule has 0 amide bonds. The zero-order valence-corrected chi connectivity index (χ0v) is 11.9. The molecule has 1 aromatic rings. The number of fused-ring (bicyclic) bond motifs is 1. The summed E-state index contributed by atoms with van der Waals surface area (Å²) in [6.07, 6.45) is 9.26. The highest BCUT2D eigenvalue weighted by atomic mass is 16.5. The molecule has 2 heteroatoms. The van der Waals surface area contributed by atoms with E-state index < -0.39 is 6.10 Å². The standard InChI is InChI=1S/C17H24O2/c1-3-4-5-8-12-17(19-2)13-11-16(18)14-9-6-7-10-15(14)17/h6-7,9-11,13,16,18H,3-5,8,12H2,1-2H3/t16?,17-/m1/s1. The summed E-state index contributed by atoms with van der Waals surface area (Å²) in [6.45, 7) is 2.22. The number of unbranched alkanes of at least 4 members (excludes halogenated alkanes) is 3. The van der Waals surface area contributed by atoms with Crippen LogP contribution >= 0.6 is 0 Å². The highest BCUT2D eigenvalue weighted by Gasteiger charge is 2.35. The summed E-state index contributed by atoms with van der Waals surface area (Å²) in [7, 11) is 1.76. The van der Waals surface area contributed by atoms with E-state index in [0.717, 1.165) is 24.0 Å². The van der Waals surface area contributed by atoms with Crippen molar-refractivity contribution < 1.29 is 9.84 Å². The molecule has 0 aromatic heterocycles. The van der Waals surface area contributed by atoms with Gasteiger partial charge in [-0.15, -0.1) is 0 Å². The van der Waals surface area contributed by atoms with E-state index in [9.17, 15) is 5.11 Å². The summed E-state index contributed by atoms with van der Waals surface area (Å²) in [5, 5.41) is 10.1. The summed E-state index contributed by atoms with van der Waals surface area (Å²) in [6, 6.07) is 8.05. The Morgan fingerprint density at radius 1 is 1.21 bits per heavy atom.